The Morgan fingerprint density at radius 1 is 0.923 bits per heavy atom. The molecule has 0 saturated carbocycles. The standard InChI is InChI=1S/C10H16O2S/c1-7(2)11-9-5-13-6-10(9)12-8(3)4/h5-8H,1-4H3. The van der Waals surface area contributed by atoms with E-state index >= 15 is 0 Å². The normalized spacial score (nSPS) is 10.9. The SMILES string of the molecule is CC(C)Oc1cscc1OC(C)C. The summed E-state index contributed by atoms with van der Waals surface area (Å²) in [6.07, 6.45) is 0.397. The van der Waals surface area contributed by atoms with Gasteiger partial charge in [-0.25, -0.2) is 0 Å². The third kappa shape index (κ3) is 3.27. The third-order valence-corrected chi connectivity index (χ3v) is 2.02. The molecule has 1 heterocycles. The Kier molecular flexibility index (Phi) is 3.60. The average molecular weight is 200 g/mol. The molecule has 0 spiro atoms. The fourth-order valence-corrected chi connectivity index (χ4v) is 1.61. The van der Waals surface area contributed by atoms with Crippen LogP contribution >= 0.6 is 11.3 Å². The van der Waals surface area contributed by atoms with Crippen LogP contribution in [-0.2, 0) is 0 Å². The van der Waals surface area contributed by atoms with Crippen molar-refractivity contribution in [1.82, 2.24) is 0 Å². The molecule has 0 aromatic carbocycles. The summed E-state index contributed by atoms with van der Waals surface area (Å²) in [6.45, 7) is 8.04. The first-order chi connectivity index (χ1) is 6.09. The second-order valence-corrected chi connectivity index (χ2v) is 4.18. The van der Waals surface area contributed by atoms with Gasteiger partial charge in [-0.05, 0) is 27.7 Å². The zero-order valence-corrected chi connectivity index (χ0v) is 9.35. The molecule has 0 amide bonds. The maximum atomic E-state index is 5.57. The van der Waals surface area contributed by atoms with Crippen LogP contribution < -0.4 is 9.47 Å². The molecule has 0 aliphatic heterocycles. The third-order valence-electron chi connectivity index (χ3n) is 1.32. The van der Waals surface area contributed by atoms with E-state index in [-0.39, 0.29) is 12.2 Å². The minimum atomic E-state index is 0.198. The summed E-state index contributed by atoms with van der Waals surface area (Å²) in [5.41, 5.74) is 0. The second kappa shape index (κ2) is 4.51. The molecule has 0 bridgehead atoms. The van der Waals surface area contributed by atoms with Crippen LogP contribution in [0.1, 0.15) is 27.7 Å². The Hall–Kier alpha value is -0.700. The Morgan fingerprint density at radius 3 is 1.62 bits per heavy atom. The van der Waals surface area contributed by atoms with E-state index in [1.807, 2.05) is 38.5 Å². The molecule has 3 heteroatoms. The fourth-order valence-electron chi connectivity index (χ4n) is 0.953. The van der Waals surface area contributed by atoms with Crippen molar-refractivity contribution in [1.29, 1.82) is 0 Å². The number of thiophene rings is 1. The molecule has 0 saturated heterocycles. The van der Waals surface area contributed by atoms with E-state index in [0.717, 1.165) is 11.5 Å². The molecule has 1 rings (SSSR count). The van der Waals surface area contributed by atoms with Crippen molar-refractivity contribution in [2.75, 3.05) is 0 Å². The summed E-state index contributed by atoms with van der Waals surface area (Å²) in [5.74, 6) is 1.71. The molecule has 0 radical (unpaired) electrons. The van der Waals surface area contributed by atoms with E-state index in [2.05, 4.69) is 0 Å². The summed E-state index contributed by atoms with van der Waals surface area (Å²) in [6, 6.07) is 0. The van der Waals surface area contributed by atoms with Gasteiger partial charge in [-0.2, -0.15) is 0 Å². The fraction of sp³-hybridized carbons (Fsp3) is 0.600. The Bertz CT molecular complexity index is 229. The second-order valence-electron chi connectivity index (χ2n) is 3.43. The molecule has 1 aromatic rings. The van der Waals surface area contributed by atoms with Gasteiger partial charge in [0.2, 0.25) is 0 Å². The van der Waals surface area contributed by atoms with Crippen molar-refractivity contribution in [2.24, 2.45) is 0 Å². The molecule has 0 aliphatic carbocycles. The van der Waals surface area contributed by atoms with Crippen molar-refractivity contribution in [3.63, 3.8) is 0 Å². The number of hydrogen-bond acceptors (Lipinski definition) is 3. The van der Waals surface area contributed by atoms with Crippen molar-refractivity contribution in [3.05, 3.63) is 10.8 Å². The van der Waals surface area contributed by atoms with E-state index < -0.39 is 0 Å². The van der Waals surface area contributed by atoms with Crippen molar-refractivity contribution < 1.29 is 9.47 Å². The van der Waals surface area contributed by atoms with Crippen molar-refractivity contribution in [2.45, 2.75) is 39.9 Å². The van der Waals surface area contributed by atoms with Crippen LogP contribution in [0.5, 0.6) is 11.5 Å². The van der Waals surface area contributed by atoms with Gasteiger partial charge in [-0.3, -0.25) is 0 Å². The topological polar surface area (TPSA) is 18.5 Å². The summed E-state index contributed by atoms with van der Waals surface area (Å²) in [7, 11) is 0. The minimum absolute atomic E-state index is 0.198. The maximum absolute atomic E-state index is 5.57. The summed E-state index contributed by atoms with van der Waals surface area (Å²) in [5, 5.41) is 3.94. The van der Waals surface area contributed by atoms with Gasteiger partial charge in [-0.15, -0.1) is 11.3 Å². The van der Waals surface area contributed by atoms with Gasteiger partial charge in [0.15, 0.2) is 11.5 Å². The van der Waals surface area contributed by atoms with Crippen LogP contribution in [0.3, 0.4) is 0 Å². The van der Waals surface area contributed by atoms with E-state index in [1.165, 1.54) is 0 Å². The molecule has 0 unspecified atom stereocenters. The van der Waals surface area contributed by atoms with Crippen molar-refractivity contribution in [3.8, 4) is 11.5 Å². The highest BCUT2D eigenvalue weighted by atomic mass is 32.1. The highest BCUT2D eigenvalue weighted by molar-refractivity contribution is 7.08. The first-order valence-electron chi connectivity index (χ1n) is 4.49. The van der Waals surface area contributed by atoms with Gasteiger partial charge >= 0.3 is 0 Å². The van der Waals surface area contributed by atoms with Crippen LogP contribution in [0.25, 0.3) is 0 Å². The summed E-state index contributed by atoms with van der Waals surface area (Å²) >= 11 is 1.60. The lowest BCUT2D eigenvalue weighted by atomic mass is 10.4. The van der Waals surface area contributed by atoms with Gasteiger partial charge in [0.25, 0.3) is 0 Å². The Morgan fingerprint density at radius 2 is 1.31 bits per heavy atom. The van der Waals surface area contributed by atoms with Crippen LogP contribution in [0.15, 0.2) is 10.8 Å². The summed E-state index contributed by atoms with van der Waals surface area (Å²) in [4.78, 5) is 0. The lowest BCUT2D eigenvalue weighted by molar-refractivity contribution is 0.200. The molecule has 0 fully saturated rings. The molecule has 0 atom stereocenters. The molecular formula is C10H16O2S. The van der Waals surface area contributed by atoms with E-state index in [1.54, 1.807) is 11.3 Å². The van der Waals surface area contributed by atoms with Gasteiger partial charge in [0.1, 0.15) is 0 Å². The average Bonchev–Trinajstić information content (AvgIpc) is 2.34. The Balaban J connectivity index is 2.65. The molecule has 1 aromatic heterocycles. The van der Waals surface area contributed by atoms with E-state index in [4.69, 9.17) is 9.47 Å². The number of rotatable bonds is 4. The summed E-state index contributed by atoms with van der Waals surface area (Å²) < 4.78 is 11.1. The molecule has 2 nitrogen and oxygen atoms in total. The quantitative estimate of drug-likeness (QED) is 0.742. The highest BCUT2D eigenvalue weighted by Crippen LogP contribution is 2.32. The van der Waals surface area contributed by atoms with Crippen LogP contribution in [0.4, 0.5) is 0 Å². The van der Waals surface area contributed by atoms with E-state index in [0.29, 0.717) is 0 Å². The molecule has 74 valence electrons. The molecule has 0 aliphatic rings. The zero-order valence-electron chi connectivity index (χ0n) is 8.53. The monoisotopic (exact) mass is 200 g/mol. The first-order valence-corrected chi connectivity index (χ1v) is 5.43. The number of ether oxygens (including phenoxy) is 2. The predicted octanol–water partition coefficient (Wildman–Crippen LogP) is 3.32. The van der Waals surface area contributed by atoms with E-state index in [9.17, 15) is 0 Å². The minimum Gasteiger partial charge on any atom is -0.486 e. The van der Waals surface area contributed by atoms with Crippen molar-refractivity contribution >= 4 is 11.3 Å². The Labute approximate surface area is 83.5 Å². The van der Waals surface area contributed by atoms with Crippen LogP contribution in [-0.4, -0.2) is 12.2 Å². The van der Waals surface area contributed by atoms with Gasteiger partial charge in [0.05, 0.1) is 12.2 Å². The lowest BCUT2D eigenvalue weighted by Crippen LogP contribution is -2.09. The highest BCUT2D eigenvalue weighted by Gasteiger charge is 2.09. The van der Waals surface area contributed by atoms with Gasteiger partial charge in [-0.1, -0.05) is 0 Å². The number of hydrogen-bond donors (Lipinski definition) is 0. The zero-order chi connectivity index (χ0) is 9.84. The largest absolute Gasteiger partial charge is 0.486 e. The lowest BCUT2D eigenvalue weighted by Gasteiger charge is -2.13. The maximum Gasteiger partial charge on any atom is 0.172 e. The van der Waals surface area contributed by atoms with Gasteiger partial charge in [0, 0.05) is 10.8 Å². The molecular weight excluding hydrogens is 184 g/mol. The molecule has 13 heavy (non-hydrogen) atoms. The van der Waals surface area contributed by atoms with Crippen LogP contribution in [0, 0.1) is 0 Å². The smallest absolute Gasteiger partial charge is 0.172 e. The van der Waals surface area contributed by atoms with Gasteiger partial charge < -0.3 is 9.47 Å². The molecule has 0 N–H and O–H groups in total. The predicted molar refractivity (Wildman–Crippen MR) is 55.8 cm³/mol. The first kappa shape index (κ1) is 10.4. The van der Waals surface area contributed by atoms with Crippen LogP contribution in [0.2, 0.25) is 0 Å².